The quantitative estimate of drug-likeness (QED) is 0.888. The van der Waals surface area contributed by atoms with Crippen LogP contribution in [0, 0.1) is 20.8 Å². The van der Waals surface area contributed by atoms with Gasteiger partial charge in [-0.2, -0.15) is 0 Å². The van der Waals surface area contributed by atoms with E-state index in [0.717, 1.165) is 16.8 Å². The van der Waals surface area contributed by atoms with Gasteiger partial charge in [0.2, 0.25) is 5.91 Å². The zero-order valence-corrected chi connectivity index (χ0v) is 14.0. The first-order chi connectivity index (χ1) is 10.9. The highest BCUT2D eigenvalue weighted by atomic mass is 16.2. The van der Waals surface area contributed by atoms with Crippen molar-refractivity contribution in [3.63, 3.8) is 0 Å². The Morgan fingerprint density at radius 2 is 1.61 bits per heavy atom. The lowest BCUT2D eigenvalue weighted by atomic mass is 10.0. The topological polar surface area (TPSA) is 58.2 Å². The molecule has 2 amide bonds. The monoisotopic (exact) mass is 310 g/mol. The number of anilines is 2. The minimum absolute atomic E-state index is 0.0761. The number of carbonyl (C=O) groups is 2. The third-order valence-electron chi connectivity index (χ3n) is 3.65. The summed E-state index contributed by atoms with van der Waals surface area (Å²) >= 11 is 0. The van der Waals surface area contributed by atoms with E-state index in [1.54, 1.807) is 31.2 Å². The average molecular weight is 310 g/mol. The molecule has 0 atom stereocenters. The van der Waals surface area contributed by atoms with Crippen LogP contribution in [0.1, 0.15) is 40.4 Å². The number of nitrogens with one attached hydrogen (secondary N) is 2. The molecule has 0 fully saturated rings. The van der Waals surface area contributed by atoms with Crippen molar-refractivity contribution in [2.24, 2.45) is 0 Å². The van der Waals surface area contributed by atoms with Crippen molar-refractivity contribution in [2.75, 3.05) is 10.6 Å². The lowest BCUT2D eigenvalue weighted by molar-refractivity contribution is -0.115. The number of hydrogen-bond donors (Lipinski definition) is 2. The SMILES string of the molecule is CCC(=O)Nc1cccc(C(=O)Nc2c(C)cc(C)cc2C)c1. The van der Waals surface area contributed by atoms with Gasteiger partial charge in [-0.3, -0.25) is 9.59 Å². The zero-order chi connectivity index (χ0) is 17.0. The van der Waals surface area contributed by atoms with Crippen LogP contribution in [-0.2, 0) is 4.79 Å². The molecule has 0 radical (unpaired) electrons. The second kappa shape index (κ2) is 7.09. The summed E-state index contributed by atoms with van der Waals surface area (Å²) in [6.45, 7) is 7.78. The molecule has 2 aromatic carbocycles. The molecule has 0 aliphatic rings. The maximum Gasteiger partial charge on any atom is 0.255 e. The van der Waals surface area contributed by atoms with Gasteiger partial charge in [0.25, 0.3) is 5.91 Å². The smallest absolute Gasteiger partial charge is 0.255 e. The molecule has 0 saturated heterocycles. The van der Waals surface area contributed by atoms with E-state index in [2.05, 4.69) is 10.6 Å². The van der Waals surface area contributed by atoms with Gasteiger partial charge in [0.1, 0.15) is 0 Å². The number of rotatable bonds is 4. The molecule has 0 spiro atoms. The van der Waals surface area contributed by atoms with Gasteiger partial charge in [-0.25, -0.2) is 0 Å². The predicted octanol–water partition coefficient (Wildman–Crippen LogP) is 4.21. The zero-order valence-electron chi connectivity index (χ0n) is 14.0. The summed E-state index contributed by atoms with van der Waals surface area (Å²) < 4.78 is 0. The Labute approximate surface area is 136 Å². The van der Waals surface area contributed by atoms with Crippen LogP contribution >= 0.6 is 0 Å². The van der Waals surface area contributed by atoms with Crippen LogP contribution in [-0.4, -0.2) is 11.8 Å². The highest BCUT2D eigenvalue weighted by Gasteiger charge is 2.11. The van der Waals surface area contributed by atoms with Crippen LogP contribution in [0.25, 0.3) is 0 Å². The van der Waals surface area contributed by atoms with E-state index in [1.165, 1.54) is 5.56 Å². The number of aryl methyl sites for hydroxylation is 3. The van der Waals surface area contributed by atoms with Crippen LogP contribution in [0.5, 0.6) is 0 Å². The molecule has 0 aromatic heterocycles. The molecule has 0 aliphatic carbocycles. The average Bonchev–Trinajstić information content (AvgIpc) is 2.50. The van der Waals surface area contributed by atoms with E-state index in [9.17, 15) is 9.59 Å². The first-order valence-electron chi connectivity index (χ1n) is 7.69. The molecular weight excluding hydrogens is 288 g/mol. The highest BCUT2D eigenvalue weighted by Crippen LogP contribution is 2.23. The Hall–Kier alpha value is -2.62. The molecule has 2 rings (SSSR count). The molecule has 0 aliphatic heterocycles. The maximum atomic E-state index is 12.5. The molecule has 120 valence electrons. The summed E-state index contributed by atoms with van der Waals surface area (Å²) in [5, 5.41) is 5.73. The molecule has 2 N–H and O–H groups in total. The minimum Gasteiger partial charge on any atom is -0.326 e. The van der Waals surface area contributed by atoms with Crippen LogP contribution < -0.4 is 10.6 Å². The van der Waals surface area contributed by atoms with Crippen molar-refractivity contribution >= 4 is 23.2 Å². The number of hydrogen-bond acceptors (Lipinski definition) is 2. The molecule has 0 bridgehead atoms. The van der Waals surface area contributed by atoms with Crippen molar-refractivity contribution in [2.45, 2.75) is 34.1 Å². The summed E-state index contributed by atoms with van der Waals surface area (Å²) in [5.74, 6) is -0.263. The van der Waals surface area contributed by atoms with Gasteiger partial charge in [-0.05, 0) is 50.1 Å². The highest BCUT2D eigenvalue weighted by molar-refractivity contribution is 6.06. The van der Waals surface area contributed by atoms with Crippen LogP contribution in [0.4, 0.5) is 11.4 Å². The van der Waals surface area contributed by atoms with E-state index in [4.69, 9.17) is 0 Å². The van der Waals surface area contributed by atoms with Gasteiger partial charge in [0.15, 0.2) is 0 Å². The fraction of sp³-hybridized carbons (Fsp3) is 0.263. The summed E-state index contributed by atoms with van der Waals surface area (Å²) in [4.78, 5) is 24.0. The second-order valence-corrected chi connectivity index (χ2v) is 5.71. The summed E-state index contributed by atoms with van der Waals surface area (Å²) in [5.41, 5.74) is 5.21. The lowest BCUT2D eigenvalue weighted by Gasteiger charge is -2.13. The molecule has 0 saturated carbocycles. The summed E-state index contributed by atoms with van der Waals surface area (Å²) in [7, 11) is 0. The number of amides is 2. The Kier molecular flexibility index (Phi) is 5.16. The van der Waals surface area contributed by atoms with Crippen molar-refractivity contribution in [3.8, 4) is 0 Å². The van der Waals surface area contributed by atoms with Crippen LogP contribution in [0.15, 0.2) is 36.4 Å². The molecule has 4 nitrogen and oxygen atoms in total. The molecule has 4 heteroatoms. The molecule has 0 unspecified atom stereocenters. The van der Waals surface area contributed by atoms with Crippen molar-refractivity contribution in [1.29, 1.82) is 0 Å². The van der Waals surface area contributed by atoms with Crippen molar-refractivity contribution in [3.05, 3.63) is 58.7 Å². The number of benzene rings is 2. The third kappa shape index (κ3) is 4.19. The minimum atomic E-state index is -0.187. The normalized spacial score (nSPS) is 10.3. The number of carbonyl (C=O) groups excluding carboxylic acids is 2. The van der Waals surface area contributed by atoms with Gasteiger partial charge in [-0.1, -0.05) is 30.7 Å². The first-order valence-corrected chi connectivity index (χ1v) is 7.69. The van der Waals surface area contributed by atoms with Crippen LogP contribution in [0.3, 0.4) is 0 Å². The van der Waals surface area contributed by atoms with E-state index in [0.29, 0.717) is 17.7 Å². The molecule has 0 heterocycles. The van der Waals surface area contributed by atoms with E-state index in [1.807, 2.05) is 32.9 Å². The fourth-order valence-corrected chi connectivity index (χ4v) is 2.55. The van der Waals surface area contributed by atoms with E-state index >= 15 is 0 Å². The molecular formula is C19H22N2O2. The fourth-order valence-electron chi connectivity index (χ4n) is 2.55. The van der Waals surface area contributed by atoms with Gasteiger partial charge in [0, 0.05) is 23.4 Å². The van der Waals surface area contributed by atoms with Gasteiger partial charge in [0.05, 0.1) is 0 Å². The Bertz CT molecular complexity index is 728. The first kappa shape index (κ1) is 16.7. The summed E-state index contributed by atoms with van der Waals surface area (Å²) in [6, 6.07) is 11.0. The van der Waals surface area contributed by atoms with Crippen LogP contribution in [0.2, 0.25) is 0 Å². The Morgan fingerprint density at radius 1 is 0.957 bits per heavy atom. The standard InChI is InChI=1S/C19H22N2O2/c1-5-17(22)20-16-8-6-7-15(11-16)19(23)21-18-13(3)9-12(2)10-14(18)4/h6-11H,5H2,1-4H3,(H,20,22)(H,21,23). The van der Waals surface area contributed by atoms with Gasteiger partial charge >= 0.3 is 0 Å². The second-order valence-electron chi connectivity index (χ2n) is 5.71. The van der Waals surface area contributed by atoms with E-state index < -0.39 is 0 Å². The predicted molar refractivity (Wildman–Crippen MR) is 94.0 cm³/mol. The van der Waals surface area contributed by atoms with Crippen molar-refractivity contribution < 1.29 is 9.59 Å². The lowest BCUT2D eigenvalue weighted by Crippen LogP contribution is -2.15. The molecule has 23 heavy (non-hydrogen) atoms. The Morgan fingerprint density at radius 3 is 2.22 bits per heavy atom. The third-order valence-corrected chi connectivity index (χ3v) is 3.65. The largest absolute Gasteiger partial charge is 0.326 e. The Balaban J connectivity index is 2.21. The molecule has 2 aromatic rings. The van der Waals surface area contributed by atoms with Gasteiger partial charge < -0.3 is 10.6 Å². The van der Waals surface area contributed by atoms with E-state index in [-0.39, 0.29) is 11.8 Å². The summed E-state index contributed by atoms with van der Waals surface area (Å²) in [6.07, 6.45) is 0.401. The maximum absolute atomic E-state index is 12.5. The van der Waals surface area contributed by atoms with Crippen molar-refractivity contribution in [1.82, 2.24) is 0 Å². The van der Waals surface area contributed by atoms with Gasteiger partial charge in [-0.15, -0.1) is 0 Å².